The van der Waals surface area contributed by atoms with Crippen LogP contribution in [-0.4, -0.2) is 20.6 Å². The van der Waals surface area contributed by atoms with Crippen molar-refractivity contribution in [3.63, 3.8) is 0 Å². The molecule has 0 bridgehead atoms. The lowest BCUT2D eigenvalue weighted by atomic mass is 10.1. The molecule has 1 heterocycles. The lowest BCUT2D eigenvalue weighted by molar-refractivity contribution is -0.384. The molecule has 2 aromatic carbocycles. The third-order valence-corrected chi connectivity index (χ3v) is 4.01. The first-order chi connectivity index (χ1) is 12.0. The van der Waals surface area contributed by atoms with Gasteiger partial charge in [-0.05, 0) is 24.6 Å². The zero-order valence-corrected chi connectivity index (χ0v) is 13.5. The van der Waals surface area contributed by atoms with E-state index in [1.54, 1.807) is 6.07 Å². The Morgan fingerprint density at radius 2 is 1.96 bits per heavy atom. The third kappa shape index (κ3) is 3.42. The van der Waals surface area contributed by atoms with E-state index in [-0.39, 0.29) is 11.3 Å². The van der Waals surface area contributed by atoms with Crippen molar-refractivity contribution in [3.8, 4) is 0 Å². The molecule has 3 rings (SSSR count). The smallest absolute Gasteiger partial charge is 0.331 e. The molecule has 0 radical (unpaired) electrons. The number of carboxylic acid groups (broad SMARTS) is 1. The minimum Gasteiger partial charge on any atom is -0.478 e. The number of non-ortho nitro benzene ring substituents is 1. The Morgan fingerprint density at radius 3 is 2.60 bits per heavy atom. The van der Waals surface area contributed by atoms with Gasteiger partial charge in [0.15, 0.2) is 0 Å². The van der Waals surface area contributed by atoms with Crippen molar-refractivity contribution in [2.24, 2.45) is 0 Å². The summed E-state index contributed by atoms with van der Waals surface area (Å²) in [7, 11) is 0. The molecule has 0 amide bonds. The number of rotatable bonds is 5. The van der Waals surface area contributed by atoms with E-state index < -0.39 is 10.9 Å². The van der Waals surface area contributed by atoms with Crippen LogP contribution in [0.2, 0.25) is 0 Å². The van der Waals surface area contributed by atoms with Crippen molar-refractivity contribution in [1.82, 2.24) is 4.57 Å². The molecule has 0 aliphatic carbocycles. The second-order valence-electron chi connectivity index (χ2n) is 5.79. The van der Waals surface area contributed by atoms with E-state index in [0.717, 1.165) is 11.1 Å². The summed E-state index contributed by atoms with van der Waals surface area (Å²) < 4.78 is 1.97. The number of hydrogen-bond donors (Lipinski definition) is 1. The van der Waals surface area contributed by atoms with Crippen LogP contribution in [0, 0.1) is 10.1 Å². The van der Waals surface area contributed by atoms with Gasteiger partial charge in [-0.3, -0.25) is 10.1 Å². The molecule has 6 heteroatoms. The topological polar surface area (TPSA) is 85.4 Å². The van der Waals surface area contributed by atoms with Gasteiger partial charge in [0, 0.05) is 46.9 Å². The van der Waals surface area contributed by atoms with Gasteiger partial charge in [0.1, 0.15) is 0 Å². The molecule has 6 nitrogen and oxygen atoms in total. The monoisotopic (exact) mass is 336 g/mol. The molecule has 0 saturated carbocycles. The highest BCUT2D eigenvalue weighted by molar-refractivity contribution is 5.97. The first-order valence-corrected chi connectivity index (χ1v) is 7.68. The maximum Gasteiger partial charge on any atom is 0.331 e. The standard InChI is InChI=1S/C19H16N2O4/c1-13(19(22)23)9-15-12-20(11-14-5-3-2-4-6-14)18-8-7-16(21(24)25)10-17(15)18/h2-10,12H,11H2,1H3,(H,22,23)/b13-9+. The second-order valence-corrected chi connectivity index (χ2v) is 5.79. The molecule has 3 aromatic rings. The van der Waals surface area contributed by atoms with Crippen LogP contribution >= 0.6 is 0 Å². The Bertz CT molecular complexity index is 987. The van der Waals surface area contributed by atoms with Crippen molar-refractivity contribution < 1.29 is 14.8 Å². The summed E-state index contributed by atoms with van der Waals surface area (Å²) in [6.07, 6.45) is 3.36. The van der Waals surface area contributed by atoms with Crippen molar-refractivity contribution >= 4 is 28.6 Å². The molecule has 0 atom stereocenters. The molecule has 0 spiro atoms. The molecule has 1 N–H and O–H groups in total. The van der Waals surface area contributed by atoms with Gasteiger partial charge in [-0.2, -0.15) is 0 Å². The van der Waals surface area contributed by atoms with Crippen LogP contribution in [0.3, 0.4) is 0 Å². The summed E-state index contributed by atoms with van der Waals surface area (Å²) in [5.41, 5.74) is 2.70. The number of aliphatic carboxylic acids is 1. The largest absolute Gasteiger partial charge is 0.478 e. The quantitative estimate of drug-likeness (QED) is 0.432. The number of nitro benzene ring substituents is 1. The fraction of sp³-hybridized carbons (Fsp3) is 0.105. The molecular weight excluding hydrogens is 320 g/mol. The van der Waals surface area contributed by atoms with E-state index in [1.807, 2.05) is 41.1 Å². The SMILES string of the molecule is C/C(=C\c1cn(Cc2ccccc2)c2ccc([N+](=O)[O-])cc12)C(=O)O. The van der Waals surface area contributed by atoms with Gasteiger partial charge in [0.2, 0.25) is 0 Å². The molecule has 0 unspecified atom stereocenters. The number of carboxylic acids is 1. The Kier molecular flexibility index (Phi) is 4.35. The summed E-state index contributed by atoms with van der Waals surface area (Å²) in [6, 6.07) is 14.5. The number of nitro groups is 1. The van der Waals surface area contributed by atoms with Crippen LogP contribution in [0.15, 0.2) is 60.3 Å². The molecule has 0 aliphatic heterocycles. The Hall–Kier alpha value is -3.41. The minimum absolute atomic E-state index is 0.0208. The molecule has 0 aliphatic rings. The van der Waals surface area contributed by atoms with Crippen LogP contribution in [0.25, 0.3) is 17.0 Å². The van der Waals surface area contributed by atoms with Gasteiger partial charge in [0.05, 0.1) is 4.92 Å². The van der Waals surface area contributed by atoms with Crippen LogP contribution in [-0.2, 0) is 11.3 Å². The zero-order valence-electron chi connectivity index (χ0n) is 13.5. The normalized spacial score (nSPS) is 11.6. The van der Waals surface area contributed by atoms with Gasteiger partial charge in [-0.1, -0.05) is 30.3 Å². The van der Waals surface area contributed by atoms with Crippen LogP contribution in [0.5, 0.6) is 0 Å². The summed E-state index contributed by atoms with van der Waals surface area (Å²) in [5, 5.41) is 20.8. The highest BCUT2D eigenvalue weighted by Crippen LogP contribution is 2.28. The second kappa shape index (κ2) is 6.60. The fourth-order valence-electron chi connectivity index (χ4n) is 2.75. The molecule has 0 saturated heterocycles. The van der Waals surface area contributed by atoms with Crippen molar-refractivity contribution in [3.05, 3.63) is 81.5 Å². The van der Waals surface area contributed by atoms with Crippen LogP contribution in [0.1, 0.15) is 18.1 Å². The highest BCUT2D eigenvalue weighted by Gasteiger charge is 2.14. The predicted molar refractivity (Wildman–Crippen MR) is 95.4 cm³/mol. The average Bonchev–Trinajstić information content (AvgIpc) is 2.92. The van der Waals surface area contributed by atoms with Crippen molar-refractivity contribution in [2.75, 3.05) is 0 Å². The minimum atomic E-state index is -1.02. The Morgan fingerprint density at radius 1 is 1.24 bits per heavy atom. The number of benzene rings is 2. The fourth-order valence-corrected chi connectivity index (χ4v) is 2.75. The molecule has 1 aromatic heterocycles. The number of hydrogen-bond acceptors (Lipinski definition) is 3. The van der Waals surface area contributed by atoms with E-state index in [1.165, 1.54) is 25.1 Å². The number of carbonyl (C=O) groups is 1. The van der Waals surface area contributed by atoms with E-state index in [0.29, 0.717) is 17.5 Å². The third-order valence-electron chi connectivity index (χ3n) is 4.01. The summed E-state index contributed by atoms with van der Waals surface area (Å²) in [6.45, 7) is 2.09. The summed E-state index contributed by atoms with van der Waals surface area (Å²) in [5.74, 6) is -1.02. The first kappa shape index (κ1) is 16.4. The van der Waals surface area contributed by atoms with Gasteiger partial charge < -0.3 is 9.67 Å². The maximum atomic E-state index is 11.1. The maximum absolute atomic E-state index is 11.1. The molecule has 0 fully saturated rings. The molecular formula is C19H16N2O4. The number of fused-ring (bicyclic) bond motifs is 1. The summed E-state index contributed by atoms with van der Waals surface area (Å²) in [4.78, 5) is 21.7. The van der Waals surface area contributed by atoms with Crippen LogP contribution in [0.4, 0.5) is 5.69 Å². The van der Waals surface area contributed by atoms with E-state index >= 15 is 0 Å². The number of nitrogens with zero attached hydrogens (tertiary/aromatic N) is 2. The van der Waals surface area contributed by atoms with Crippen molar-refractivity contribution in [2.45, 2.75) is 13.5 Å². The highest BCUT2D eigenvalue weighted by atomic mass is 16.6. The lowest BCUT2D eigenvalue weighted by Crippen LogP contribution is -1.97. The van der Waals surface area contributed by atoms with E-state index in [9.17, 15) is 14.9 Å². The van der Waals surface area contributed by atoms with Gasteiger partial charge >= 0.3 is 5.97 Å². The van der Waals surface area contributed by atoms with Crippen molar-refractivity contribution in [1.29, 1.82) is 0 Å². The van der Waals surface area contributed by atoms with E-state index in [2.05, 4.69) is 0 Å². The van der Waals surface area contributed by atoms with Gasteiger partial charge in [0.25, 0.3) is 5.69 Å². The Labute approximate surface area is 143 Å². The Balaban J connectivity index is 2.16. The molecule has 126 valence electrons. The first-order valence-electron chi connectivity index (χ1n) is 7.68. The average molecular weight is 336 g/mol. The van der Waals surface area contributed by atoms with E-state index in [4.69, 9.17) is 5.11 Å². The zero-order chi connectivity index (χ0) is 18.0. The lowest BCUT2D eigenvalue weighted by Gasteiger charge is -2.05. The summed E-state index contributed by atoms with van der Waals surface area (Å²) >= 11 is 0. The van der Waals surface area contributed by atoms with Crippen LogP contribution < -0.4 is 0 Å². The van der Waals surface area contributed by atoms with Gasteiger partial charge in [-0.15, -0.1) is 0 Å². The molecule has 25 heavy (non-hydrogen) atoms. The predicted octanol–water partition coefficient (Wildman–Crippen LogP) is 4.09. The number of aromatic nitrogens is 1. The van der Waals surface area contributed by atoms with Gasteiger partial charge in [-0.25, -0.2) is 4.79 Å².